The quantitative estimate of drug-likeness (QED) is 0.532. The number of rotatable bonds is 4. The van der Waals surface area contributed by atoms with Gasteiger partial charge in [0.2, 0.25) is 0 Å². The monoisotopic (exact) mass is 323 g/mol. The van der Waals surface area contributed by atoms with Gasteiger partial charge in [-0.1, -0.05) is 17.3 Å². The molecule has 0 N–H and O–H groups in total. The summed E-state index contributed by atoms with van der Waals surface area (Å²) < 4.78 is 15.8. The molecule has 0 unspecified atom stereocenters. The highest BCUT2D eigenvalue weighted by molar-refractivity contribution is 5.90. The predicted molar refractivity (Wildman–Crippen MR) is 89.4 cm³/mol. The van der Waals surface area contributed by atoms with Crippen molar-refractivity contribution in [3.8, 4) is 22.8 Å². The highest BCUT2D eigenvalue weighted by atomic mass is 16.5. The fraction of sp³-hybridized carbons (Fsp3) is 0.158. The molecule has 0 atom stereocenters. The summed E-state index contributed by atoms with van der Waals surface area (Å²) in [5.74, 6) is 1.21. The third-order valence-corrected chi connectivity index (χ3v) is 3.85. The Bertz CT molecular complexity index is 865. The molecule has 0 saturated carbocycles. The summed E-state index contributed by atoms with van der Waals surface area (Å²) in [7, 11) is 1.60. The summed E-state index contributed by atoms with van der Waals surface area (Å²) in [4.78, 5) is 12.3. The Morgan fingerprint density at radius 3 is 2.54 bits per heavy atom. The van der Waals surface area contributed by atoms with Crippen LogP contribution >= 0.6 is 0 Å². The SMILES string of the molecule is COc1ccc(-c2cc(C(=O)Oc3cccc(C)c3C)no2)cc1. The molecule has 0 aliphatic rings. The van der Waals surface area contributed by atoms with Crippen LogP contribution < -0.4 is 9.47 Å². The van der Waals surface area contributed by atoms with Gasteiger partial charge in [-0.15, -0.1) is 0 Å². The maximum atomic E-state index is 12.3. The molecule has 0 aliphatic carbocycles. The van der Waals surface area contributed by atoms with Crippen molar-refractivity contribution in [2.75, 3.05) is 7.11 Å². The summed E-state index contributed by atoms with van der Waals surface area (Å²) in [6.07, 6.45) is 0. The van der Waals surface area contributed by atoms with Gasteiger partial charge in [0.1, 0.15) is 11.5 Å². The van der Waals surface area contributed by atoms with Crippen molar-refractivity contribution < 1.29 is 18.8 Å². The molecule has 2 aromatic carbocycles. The van der Waals surface area contributed by atoms with Crippen molar-refractivity contribution in [2.24, 2.45) is 0 Å². The van der Waals surface area contributed by atoms with Crippen LogP contribution in [0.15, 0.2) is 53.1 Å². The van der Waals surface area contributed by atoms with Crippen LogP contribution in [0, 0.1) is 13.8 Å². The van der Waals surface area contributed by atoms with Gasteiger partial charge in [-0.25, -0.2) is 4.79 Å². The average Bonchev–Trinajstić information content (AvgIpc) is 3.09. The molecule has 0 bridgehead atoms. The Kier molecular flexibility index (Phi) is 4.33. The molecule has 0 fully saturated rings. The van der Waals surface area contributed by atoms with Crippen LogP contribution in [0.25, 0.3) is 11.3 Å². The fourth-order valence-corrected chi connectivity index (χ4v) is 2.25. The van der Waals surface area contributed by atoms with Gasteiger partial charge in [0.15, 0.2) is 11.5 Å². The number of carbonyl (C=O) groups is 1. The number of methoxy groups -OCH3 is 1. The average molecular weight is 323 g/mol. The van der Waals surface area contributed by atoms with E-state index in [4.69, 9.17) is 14.0 Å². The summed E-state index contributed by atoms with van der Waals surface area (Å²) in [6, 6.07) is 14.4. The first-order valence-corrected chi connectivity index (χ1v) is 7.48. The zero-order valence-electron chi connectivity index (χ0n) is 13.7. The van der Waals surface area contributed by atoms with E-state index in [1.807, 2.05) is 50.2 Å². The topological polar surface area (TPSA) is 61.6 Å². The minimum Gasteiger partial charge on any atom is -0.497 e. The van der Waals surface area contributed by atoms with Crippen LogP contribution in [0.1, 0.15) is 21.6 Å². The Morgan fingerprint density at radius 2 is 1.83 bits per heavy atom. The Balaban J connectivity index is 1.79. The molecule has 5 heteroatoms. The number of hydrogen-bond donors (Lipinski definition) is 0. The van der Waals surface area contributed by atoms with Crippen LogP contribution in [0.5, 0.6) is 11.5 Å². The van der Waals surface area contributed by atoms with Crippen molar-refractivity contribution >= 4 is 5.97 Å². The van der Waals surface area contributed by atoms with Crippen LogP contribution in [0.2, 0.25) is 0 Å². The molecular formula is C19H17NO4. The number of carbonyl (C=O) groups excluding carboxylic acids is 1. The number of esters is 1. The Labute approximate surface area is 139 Å². The van der Waals surface area contributed by atoms with Crippen LogP contribution in [0.4, 0.5) is 0 Å². The lowest BCUT2D eigenvalue weighted by Gasteiger charge is -2.07. The fourth-order valence-electron chi connectivity index (χ4n) is 2.25. The van der Waals surface area contributed by atoms with E-state index in [1.165, 1.54) is 0 Å². The van der Waals surface area contributed by atoms with E-state index in [9.17, 15) is 4.79 Å². The molecule has 0 saturated heterocycles. The zero-order valence-corrected chi connectivity index (χ0v) is 13.7. The number of ether oxygens (including phenoxy) is 2. The van der Waals surface area contributed by atoms with Crippen molar-refractivity contribution in [3.63, 3.8) is 0 Å². The molecule has 0 radical (unpaired) electrons. The first-order valence-electron chi connectivity index (χ1n) is 7.48. The summed E-state index contributed by atoms with van der Waals surface area (Å²) in [5, 5.41) is 3.80. The highest BCUT2D eigenvalue weighted by Crippen LogP contribution is 2.25. The van der Waals surface area contributed by atoms with Gasteiger partial charge in [-0.3, -0.25) is 0 Å². The predicted octanol–water partition coefficient (Wildman–Crippen LogP) is 4.19. The molecule has 0 spiro atoms. The third-order valence-electron chi connectivity index (χ3n) is 3.85. The smallest absolute Gasteiger partial charge is 0.365 e. The van der Waals surface area contributed by atoms with Crippen molar-refractivity contribution in [1.82, 2.24) is 5.16 Å². The van der Waals surface area contributed by atoms with Gasteiger partial charge in [0.25, 0.3) is 0 Å². The molecule has 3 aromatic rings. The van der Waals surface area contributed by atoms with Gasteiger partial charge in [-0.05, 0) is 55.3 Å². The number of hydrogen-bond acceptors (Lipinski definition) is 5. The number of benzene rings is 2. The Morgan fingerprint density at radius 1 is 1.08 bits per heavy atom. The molecule has 1 heterocycles. The minimum absolute atomic E-state index is 0.127. The third kappa shape index (κ3) is 3.15. The second-order valence-corrected chi connectivity index (χ2v) is 5.39. The van der Waals surface area contributed by atoms with E-state index in [-0.39, 0.29) is 5.69 Å². The molecule has 3 rings (SSSR count). The van der Waals surface area contributed by atoms with Crippen LogP contribution in [-0.4, -0.2) is 18.2 Å². The lowest BCUT2D eigenvalue weighted by atomic mass is 10.1. The standard InChI is InChI=1S/C19H17NO4/c1-12-5-4-6-17(13(12)2)23-19(21)16-11-18(24-20-16)14-7-9-15(22-3)10-8-14/h4-11H,1-3H3. The molecule has 0 amide bonds. The largest absolute Gasteiger partial charge is 0.497 e. The van der Waals surface area contributed by atoms with Crippen molar-refractivity contribution in [1.29, 1.82) is 0 Å². The zero-order chi connectivity index (χ0) is 17.1. The summed E-state index contributed by atoms with van der Waals surface area (Å²) >= 11 is 0. The normalized spacial score (nSPS) is 10.5. The maximum Gasteiger partial charge on any atom is 0.365 e. The van der Waals surface area contributed by atoms with E-state index in [2.05, 4.69) is 5.16 Å². The van der Waals surface area contributed by atoms with Crippen molar-refractivity contribution in [3.05, 3.63) is 65.4 Å². The van der Waals surface area contributed by atoms with E-state index < -0.39 is 5.97 Å². The van der Waals surface area contributed by atoms with Crippen molar-refractivity contribution in [2.45, 2.75) is 13.8 Å². The van der Waals surface area contributed by atoms with Crippen LogP contribution in [0.3, 0.4) is 0 Å². The number of aromatic nitrogens is 1. The number of nitrogens with zero attached hydrogens (tertiary/aromatic N) is 1. The second kappa shape index (κ2) is 6.58. The molecule has 5 nitrogen and oxygen atoms in total. The van der Waals surface area contributed by atoms with Gasteiger partial charge in [0.05, 0.1) is 7.11 Å². The lowest BCUT2D eigenvalue weighted by Crippen LogP contribution is -2.09. The maximum absolute atomic E-state index is 12.3. The lowest BCUT2D eigenvalue weighted by molar-refractivity contribution is 0.0722. The van der Waals surface area contributed by atoms with E-state index in [0.29, 0.717) is 11.5 Å². The van der Waals surface area contributed by atoms with E-state index in [0.717, 1.165) is 22.4 Å². The van der Waals surface area contributed by atoms with E-state index >= 15 is 0 Å². The summed E-state index contributed by atoms with van der Waals surface area (Å²) in [5.41, 5.74) is 2.90. The number of aryl methyl sites for hydroxylation is 1. The molecule has 1 aromatic heterocycles. The van der Waals surface area contributed by atoms with Gasteiger partial charge >= 0.3 is 5.97 Å². The molecule has 0 aliphatic heterocycles. The van der Waals surface area contributed by atoms with E-state index in [1.54, 1.807) is 19.2 Å². The first-order chi connectivity index (χ1) is 11.6. The van der Waals surface area contributed by atoms with Crippen LogP contribution in [-0.2, 0) is 0 Å². The minimum atomic E-state index is -0.549. The van der Waals surface area contributed by atoms with Gasteiger partial charge in [0, 0.05) is 11.6 Å². The van der Waals surface area contributed by atoms with Gasteiger partial charge in [-0.2, -0.15) is 0 Å². The highest BCUT2D eigenvalue weighted by Gasteiger charge is 2.17. The van der Waals surface area contributed by atoms with Gasteiger partial charge < -0.3 is 14.0 Å². The molecule has 24 heavy (non-hydrogen) atoms. The Hall–Kier alpha value is -3.08. The summed E-state index contributed by atoms with van der Waals surface area (Å²) in [6.45, 7) is 3.87. The first kappa shape index (κ1) is 15.8. The second-order valence-electron chi connectivity index (χ2n) is 5.39. The molecule has 122 valence electrons. The molecular weight excluding hydrogens is 306 g/mol.